The van der Waals surface area contributed by atoms with Crippen molar-refractivity contribution in [1.82, 2.24) is 14.5 Å². The molecule has 0 amide bonds. The first-order chi connectivity index (χ1) is 35.7. The molecule has 0 aliphatic heterocycles. The van der Waals surface area contributed by atoms with Crippen LogP contribution in [0.4, 0.5) is 0 Å². The maximum atomic E-state index is 7.16. The molecule has 9 aromatic carbocycles. The van der Waals surface area contributed by atoms with Gasteiger partial charge in [-0.2, -0.15) is 0 Å². The molecule has 12 aromatic rings. The van der Waals surface area contributed by atoms with Gasteiger partial charge in [0.1, 0.15) is 149 Å². The van der Waals surface area contributed by atoms with Gasteiger partial charge in [0.05, 0.1) is 26.9 Å². The Morgan fingerprint density at radius 2 is 0.800 bits per heavy atom. The minimum atomic E-state index is -0.0341. The van der Waals surface area contributed by atoms with E-state index in [-0.39, 0.29) is 126 Å². The molecule has 0 unspecified atom stereocenters. The van der Waals surface area contributed by atoms with Gasteiger partial charge < -0.3 is 4.57 Å². The molecule has 75 heavy (non-hydrogen) atoms. The molecule has 38 radical (unpaired) electrons. The highest BCUT2D eigenvalue weighted by Gasteiger charge is 2.28. The molecule has 0 saturated carbocycles. The number of aromatic nitrogens is 3. The maximum absolute atomic E-state index is 7.16. The Bertz CT molecular complexity index is 4490. The molecule has 3 aromatic heterocycles. The summed E-state index contributed by atoms with van der Waals surface area (Å²) >= 11 is 1.37. The molecule has 0 bridgehead atoms. The summed E-state index contributed by atoms with van der Waals surface area (Å²) < 4.78 is 3.30. The summed E-state index contributed by atoms with van der Waals surface area (Å²) in [7, 11) is 125. The van der Waals surface area contributed by atoms with Crippen LogP contribution < -0.4 is 104 Å². The molecule has 298 valence electrons. The Morgan fingerprint density at radius 1 is 0.347 bits per heavy atom. The van der Waals surface area contributed by atoms with Crippen LogP contribution in [0.5, 0.6) is 0 Å². The lowest BCUT2D eigenvalue weighted by atomic mass is 9.56. The number of thiophene rings is 1. The first-order valence-corrected chi connectivity index (χ1v) is 23.7. The maximum Gasteiger partial charge on any atom is 0.161 e. The Hall–Kier alpha value is -5.91. The van der Waals surface area contributed by atoms with Gasteiger partial charge in [-0.25, -0.2) is 9.97 Å². The van der Waals surface area contributed by atoms with E-state index < -0.39 is 0 Å². The zero-order chi connectivity index (χ0) is 53.3. The third-order valence-corrected chi connectivity index (χ3v) is 15.9. The first kappa shape index (κ1) is 49.9. The number of hydrogen-bond acceptors (Lipinski definition) is 3. The Morgan fingerprint density at radius 3 is 1.37 bits per heavy atom. The van der Waals surface area contributed by atoms with Crippen LogP contribution in [0.25, 0.3) is 114 Å². The van der Waals surface area contributed by atoms with E-state index in [1.165, 1.54) is 11.3 Å². The van der Waals surface area contributed by atoms with E-state index >= 15 is 0 Å². The molecular weight excluding hydrogens is 904 g/mol. The number of rotatable bonds is 5. The molecule has 0 fully saturated rings. The molecule has 0 aliphatic carbocycles. The van der Waals surface area contributed by atoms with Crippen molar-refractivity contribution in [3.8, 4) is 50.6 Å². The van der Waals surface area contributed by atoms with Crippen molar-refractivity contribution in [2.45, 2.75) is 0 Å². The van der Waals surface area contributed by atoms with Crippen molar-refractivity contribution in [2.24, 2.45) is 0 Å². The highest BCUT2D eigenvalue weighted by Crippen LogP contribution is 2.47. The number of fused-ring (bicyclic) bond motifs is 6. The number of benzene rings is 9. The summed E-state index contributed by atoms with van der Waals surface area (Å²) in [5.74, 6) is 0.266. The van der Waals surface area contributed by atoms with Crippen LogP contribution in [0.15, 0.2) is 72.8 Å². The van der Waals surface area contributed by atoms with Gasteiger partial charge >= 0.3 is 0 Å². The summed E-state index contributed by atoms with van der Waals surface area (Å²) in [4.78, 5) is 10.9. The van der Waals surface area contributed by atoms with E-state index in [1.807, 2.05) is 65.2 Å². The van der Waals surface area contributed by atoms with Crippen molar-refractivity contribution >= 4 is 328 Å². The predicted molar refractivity (Wildman–Crippen MR) is 340 cm³/mol. The molecule has 3 nitrogen and oxygen atoms in total. The molecule has 3 heterocycles. The quantitative estimate of drug-likeness (QED) is 0.127. The van der Waals surface area contributed by atoms with E-state index in [2.05, 4.69) is 12.1 Å². The highest BCUT2D eigenvalue weighted by atomic mass is 32.1. The number of nitrogens with zero attached hydrogens (tertiary/aromatic N) is 3. The van der Waals surface area contributed by atoms with Crippen molar-refractivity contribution < 1.29 is 0 Å². The average molecular weight is 916 g/mol. The van der Waals surface area contributed by atoms with Crippen LogP contribution in [0, 0.1) is 0 Å². The van der Waals surface area contributed by atoms with Gasteiger partial charge in [-0.05, 0) is 74.3 Å². The highest BCUT2D eigenvalue weighted by molar-refractivity contribution is 7.26. The van der Waals surface area contributed by atoms with Gasteiger partial charge in [0.25, 0.3) is 0 Å². The lowest BCUT2D eigenvalue weighted by Crippen LogP contribution is -2.57. The predicted octanol–water partition coefficient (Wildman–Crippen LogP) is -8.56. The standard InChI is InChI=1S/C52H12B19N3S/c53-29-22(30(54)38(62)41(65)37(29)61)13-8-11-21-18(12-13)48-51(75-21)49(28-35(59)31(55)26(32(56)36(28)60)27-33(57)39(63)42(66)40(64)34(27)58)73-52(72-48)17-9-10-20-25-23(17)15-5-2-1-4-14(15)16-6-3-7-19(24(16)25)74(20)50-46(70)44(68)43(67)45(69)47(50)71/h1-12H. The van der Waals surface area contributed by atoms with Crippen LogP contribution in [-0.4, -0.2) is 164 Å². The van der Waals surface area contributed by atoms with E-state index in [0.29, 0.717) is 43.7 Å². The molecule has 23 heteroatoms. The zero-order valence-corrected chi connectivity index (χ0v) is 40.5. The fraction of sp³-hybridized carbons (Fsp3) is 0. The summed E-state index contributed by atoms with van der Waals surface area (Å²) in [6, 6.07) is 23.6. The van der Waals surface area contributed by atoms with Crippen LogP contribution in [-0.2, 0) is 0 Å². The summed E-state index contributed by atoms with van der Waals surface area (Å²) in [6.07, 6.45) is 0. The minimum absolute atomic E-state index is 0.00507. The summed E-state index contributed by atoms with van der Waals surface area (Å²) in [5.41, 5.74) is 5.71. The Labute approximate surface area is 462 Å². The second-order valence-electron chi connectivity index (χ2n) is 18.6. The third kappa shape index (κ3) is 6.80. The third-order valence-electron chi connectivity index (χ3n) is 14.7. The van der Waals surface area contributed by atoms with Gasteiger partial charge in [0.2, 0.25) is 0 Å². The minimum Gasteiger partial charge on any atom is -0.310 e. The second kappa shape index (κ2) is 17.6. The zero-order valence-electron chi connectivity index (χ0n) is 39.6. The number of hydrogen-bond donors (Lipinski definition) is 0. The molecule has 12 rings (SSSR count). The Balaban J connectivity index is 1.23. The molecule has 0 N–H and O–H groups in total. The van der Waals surface area contributed by atoms with Crippen LogP contribution in [0.2, 0.25) is 0 Å². The fourth-order valence-electron chi connectivity index (χ4n) is 10.8. The van der Waals surface area contributed by atoms with E-state index in [1.54, 1.807) is 0 Å². The molecular formula is C52H12B19N3S. The first-order valence-electron chi connectivity index (χ1n) is 22.9. The lowest BCUT2D eigenvalue weighted by Gasteiger charge is -2.28. The normalized spacial score (nSPS) is 11.9. The van der Waals surface area contributed by atoms with Gasteiger partial charge in [0, 0.05) is 37.5 Å². The smallest absolute Gasteiger partial charge is 0.161 e. The molecule has 0 aliphatic rings. The molecule has 0 saturated heterocycles. The molecule has 0 spiro atoms. The van der Waals surface area contributed by atoms with Crippen LogP contribution in [0.3, 0.4) is 0 Å². The summed E-state index contributed by atoms with van der Waals surface area (Å²) in [6.45, 7) is 0. The SMILES string of the molecule is [B]c1c([B])c([B])c(-c2ccc3sc4c(-c5c([B])c([B])c(-c6c([B])c([B])c([B])c([B])c6[B])c([B])c5[B])nc(-c5ccc6c7c5c5ccccc5c5cccc(c57)n6-c5c([B])c([B])c([B])c([B])c5[B])nc4c3c2)c([B])c1[B]. The van der Waals surface area contributed by atoms with E-state index in [4.69, 9.17) is 159 Å². The van der Waals surface area contributed by atoms with Crippen LogP contribution in [0.1, 0.15) is 0 Å². The molecule has 0 atom stereocenters. The van der Waals surface area contributed by atoms with Crippen molar-refractivity contribution in [3.63, 3.8) is 0 Å². The van der Waals surface area contributed by atoms with Gasteiger partial charge in [-0.15, -0.1) is 60.5 Å². The van der Waals surface area contributed by atoms with Gasteiger partial charge in [-0.3, -0.25) is 0 Å². The monoisotopic (exact) mass is 919 g/mol. The Kier molecular flexibility index (Phi) is 11.7. The second-order valence-corrected chi connectivity index (χ2v) is 19.6. The lowest BCUT2D eigenvalue weighted by molar-refractivity contribution is 1.21. The van der Waals surface area contributed by atoms with Crippen molar-refractivity contribution in [3.05, 3.63) is 72.8 Å². The van der Waals surface area contributed by atoms with E-state index in [0.717, 1.165) is 48.1 Å². The van der Waals surface area contributed by atoms with Crippen molar-refractivity contribution in [2.75, 3.05) is 0 Å². The summed E-state index contributed by atoms with van der Waals surface area (Å²) in [5, 5.41) is 5.98. The van der Waals surface area contributed by atoms with Crippen molar-refractivity contribution in [1.29, 1.82) is 0 Å². The topological polar surface area (TPSA) is 30.7 Å². The van der Waals surface area contributed by atoms with Crippen LogP contribution >= 0.6 is 11.3 Å². The van der Waals surface area contributed by atoms with E-state index in [9.17, 15) is 0 Å². The average Bonchev–Trinajstić information content (AvgIpc) is 3.97. The van der Waals surface area contributed by atoms with Gasteiger partial charge in [0.15, 0.2) is 5.82 Å². The fourth-order valence-corrected chi connectivity index (χ4v) is 11.9. The largest absolute Gasteiger partial charge is 0.310 e. The van der Waals surface area contributed by atoms with Gasteiger partial charge in [-0.1, -0.05) is 97.1 Å².